The van der Waals surface area contributed by atoms with Crippen LogP contribution in [0.25, 0.3) is 11.1 Å². The fourth-order valence-electron chi connectivity index (χ4n) is 3.63. The quantitative estimate of drug-likeness (QED) is 0.739. The second-order valence-electron chi connectivity index (χ2n) is 6.18. The molecule has 1 amide bonds. The lowest BCUT2D eigenvalue weighted by atomic mass is 10.0. The Balaban J connectivity index is 1.60. The molecule has 4 rings (SSSR count). The van der Waals surface area contributed by atoms with Gasteiger partial charge in [0.2, 0.25) is 5.91 Å². The normalized spacial score (nSPS) is 16.6. The summed E-state index contributed by atoms with van der Waals surface area (Å²) in [7, 11) is 0. The van der Waals surface area contributed by atoms with E-state index in [9.17, 15) is 4.79 Å². The Morgan fingerprint density at radius 2 is 1.71 bits per heavy atom. The van der Waals surface area contributed by atoms with E-state index < -0.39 is 0 Å². The monoisotopic (exact) mass is 277 g/mol. The van der Waals surface area contributed by atoms with Crippen LogP contribution in [0.4, 0.5) is 5.69 Å². The molecule has 1 N–H and O–H groups in total. The predicted molar refractivity (Wildman–Crippen MR) is 85.3 cm³/mol. The Bertz CT molecular complexity index is 698. The highest BCUT2D eigenvalue weighted by Gasteiger charge is 2.23. The SMILES string of the molecule is O=C(Nc1ccc2c(c1)-c1ccccc1C2)C1CCCC1. The third-order valence-electron chi connectivity index (χ3n) is 4.79. The largest absolute Gasteiger partial charge is 0.326 e. The lowest BCUT2D eigenvalue weighted by molar-refractivity contribution is -0.119. The van der Waals surface area contributed by atoms with Crippen molar-refractivity contribution in [3.8, 4) is 11.1 Å². The minimum Gasteiger partial charge on any atom is -0.326 e. The molecule has 0 spiro atoms. The summed E-state index contributed by atoms with van der Waals surface area (Å²) in [5, 5.41) is 3.11. The Morgan fingerprint density at radius 1 is 0.952 bits per heavy atom. The molecule has 21 heavy (non-hydrogen) atoms. The lowest BCUT2D eigenvalue weighted by Crippen LogP contribution is -2.20. The number of hydrogen-bond acceptors (Lipinski definition) is 1. The molecule has 0 radical (unpaired) electrons. The van der Waals surface area contributed by atoms with Crippen molar-refractivity contribution in [1.29, 1.82) is 0 Å². The van der Waals surface area contributed by atoms with Crippen LogP contribution in [0.1, 0.15) is 36.8 Å². The third-order valence-corrected chi connectivity index (χ3v) is 4.79. The summed E-state index contributed by atoms with van der Waals surface area (Å²) in [5.74, 6) is 0.407. The van der Waals surface area contributed by atoms with Crippen LogP contribution in [0, 0.1) is 5.92 Å². The molecule has 1 fully saturated rings. The van der Waals surface area contributed by atoms with E-state index in [0.717, 1.165) is 24.9 Å². The molecule has 1 saturated carbocycles. The molecule has 0 aromatic heterocycles. The average Bonchev–Trinajstić information content (AvgIpc) is 3.14. The van der Waals surface area contributed by atoms with Crippen molar-refractivity contribution in [2.24, 2.45) is 5.92 Å². The molecule has 2 nitrogen and oxygen atoms in total. The predicted octanol–water partition coefficient (Wildman–Crippen LogP) is 4.39. The molecule has 2 aliphatic rings. The number of anilines is 1. The highest BCUT2D eigenvalue weighted by atomic mass is 16.1. The lowest BCUT2D eigenvalue weighted by Gasteiger charge is -2.11. The molecule has 106 valence electrons. The van der Waals surface area contributed by atoms with E-state index in [4.69, 9.17) is 0 Å². The maximum Gasteiger partial charge on any atom is 0.227 e. The molecule has 2 heteroatoms. The molecule has 2 aliphatic carbocycles. The summed E-state index contributed by atoms with van der Waals surface area (Å²) in [6, 6.07) is 14.9. The van der Waals surface area contributed by atoms with Crippen molar-refractivity contribution >= 4 is 11.6 Å². The van der Waals surface area contributed by atoms with E-state index in [2.05, 4.69) is 41.7 Å². The summed E-state index contributed by atoms with van der Waals surface area (Å²) in [5.41, 5.74) is 6.25. The van der Waals surface area contributed by atoms with Crippen molar-refractivity contribution in [3.63, 3.8) is 0 Å². The van der Waals surface area contributed by atoms with E-state index in [1.54, 1.807) is 0 Å². The summed E-state index contributed by atoms with van der Waals surface area (Å²) in [6.07, 6.45) is 5.47. The maximum atomic E-state index is 12.2. The van der Waals surface area contributed by atoms with Gasteiger partial charge in [-0.2, -0.15) is 0 Å². The Morgan fingerprint density at radius 3 is 2.57 bits per heavy atom. The molecule has 0 aliphatic heterocycles. The summed E-state index contributed by atoms with van der Waals surface area (Å²) in [6.45, 7) is 0. The first kappa shape index (κ1) is 12.6. The first-order chi connectivity index (χ1) is 10.3. The van der Waals surface area contributed by atoms with Crippen LogP contribution in [0.3, 0.4) is 0 Å². The van der Waals surface area contributed by atoms with Gasteiger partial charge in [-0.1, -0.05) is 43.2 Å². The smallest absolute Gasteiger partial charge is 0.227 e. The topological polar surface area (TPSA) is 29.1 Å². The number of rotatable bonds is 2. The van der Waals surface area contributed by atoms with Crippen LogP contribution in [-0.2, 0) is 11.2 Å². The van der Waals surface area contributed by atoms with Gasteiger partial charge in [0, 0.05) is 11.6 Å². The first-order valence-electron chi connectivity index (χ1n) is 7.83. The van der Waals surface area contributed by atoms with E-state index in [0.29, 0.717) is 0 Å². The van der Waals surface area contributed by atoms with Crippen LogP contribution >= 0.6 is 0 Å². The number of hydrogen-bond donors (Lipinski definition) is 1. The highest BCUT2D eigenvalue weighted by Crippen LogP contribution is 2.38. The van der Waals surface area contributed by atoms with Crippen LogP contribution in [0.15, 0.2) is 42.5 Å². The summed E-state index contributed by atoms with van der Waals surface area (Å²) < 4.78 is 0. The van der Waals surface area contributed by atoms with Crippen LogP contribution in [-0.4, -0.2) is 5.91 Å². The average molecular weight is 277 g/mol. The number of fused-ring (bicyclic) bond motifs is 3. The molecule has 0 unspecified atom stereocenters. The van der Waals surface area contributed by atoms with Gasteiger partial charge in [-0.25, -0.2) is 0 Å². The van der Waals surface area contributed by atoms with Gasteiger partial charge >= 0.3 is 0 Å². The molecular weight excluding hydrogens is 258 g/mol. The number of carbonyl (C=O) groups is 1. The molecule has 0 saturated heterocycles. The zero-order valence-electron chi connectivity index (χ0n) is 12.1. The van der Waals surface area contributed by atoms with Gasteiger partial charge in [-0.15, -0.1) is 0 Å². The maximum absolute atomic E-state index is 12.2. The zero-order valence-corrected chi connectivity index (χ0v) is 12.1. The van der Waals surface area contributed by atoms with Crippen LogP contribution in [0.2, 0.25) is 0 Å². The fraction of sp³-hybridized carbons (Fsp3) is 0.316. The van der Waals surface area contributed by atoms with Crippen LogP contribution in [0.5, 0.6) is 0 Å². The Kier molecular flexibility index (Phi) is 3.03. The van der Waals surface area contributed by atoms with Crippen molar-refractivity contribution < 1.29 is 4.79 Å². The molecule has 0 atom stereocenters. The highest BCUT2D eigenvalue weighted by molar-refractivity contribution is 5.94. The molecule has 2 aromatic carbocycles. The number of nitrogens with one attached hydrogen (secondary N) is 1. The van der Waals surface area contributed by atoms with Gasteiger partial charge < -0.3 is 5.32 Å². The second kappa shape index (κ2) is 5.03. The van der Waals surface area contributed by atoms with Gasteiger partial charge in [0.25, 0.3) is 0 Å². The Labute approximate surface area is 125 Å². The molecule has 2 aromatic rings. The Hall–Kier alpha value is -2.09. The summed E-state index contributed by atoms with van der Waals surface area (Å²) >= 11 is 0. The minimum absolute atomic E-state index is 0.193. The first-order valence-corrected chi connectivity index (χ1v) is 7.83. The summed E-state index contributed by atoms with van der Waals surface area (Å²) in [4.78, 5) is 12.2. The van der Waals surface area contributed by atoms with Crippen molar-refractivity contribution in [3.05, 3.63) is 53.6 Å². The van der Waals surface area contributed by atoms with Gasteiger partial charge in [-0.3, -0.25) is 4.79 Å². The van der Waals surface area contributed by atoms with Crippen molar-refractivity contribution in [2.45, 2.75) is 32.1 Å². The molecule has 0 heterocycles. The third kappa shape index (κ3) is 2.25. The van der Waals surface area contributed by atoms with Crippen molar-refractivity contribution in [1.82, 2.24) is 0 Å². The number of carbonyl (C=O) groups excluding carboxylic acids is 1. The van der Waals surface area contributed by atoms with Gasteiger partial charge in [-0.05, 0) is 53.6 Å². The van der Waals surface area contributed by atoms with E-state index in [-0.39, 0.29) is 11.8 Å². The fourth-order valence-corrected chi connectivity index (χ4v) is 3.63. The van der Waals surface area contributed by atoms with Gasteiger partial charge in [0.1, 0.15) is 0 Å². The zero-order chi connectivity index (χ0) is 14.2. The standard InChI is InChI=1S/C19H19NO/c21-19(13-5-1-2-6-13)20-16-10-9-15-11-14-7-3-4-8-17(14)18(15)12-16/h3-4,7-10,12-13H,1-2,5-6,11H2,(H,20,21). The number of benzene rings is 2. The number of amides is 1. The molecular formula is C19H19NO. The van der Waals surface area contributed by atoms with E-state index >= 15 is 0 Å². The van der Waals surface area contributed by atoms with Gasteiger partial charge in [0.15, 0.2) is 0 Å². The second-order valence-corrected chi connectivity index (χ2v) is 6.18. The van der Waals surface area contributed by atoms with Gasteiger partial charge in [0.05, 0.1) is 0 Å². The van der Waals surface area contributed by atoms with E-state index in [1.807, 2.05) is 6.07 Å². The van der Waals surface area contributed by atoms with Crippen molar-refractivity contribution in [2.75, 3.05) is 5.32 Å². The molecule has 0 bridgehead atoms. The minimum atomic E-state index is 0.193. The van der Waals surface area contributed by atoms with E-state index in [1.165, 1.54) is 35.1 Å². The van der Waals surface area contributed by atoms with Crippen LogP contribution < -0.4 is 5.32 Å².